The molecule has 0 spiro atoms. The fourth-order valence-electron chi connectivity index (χ4n) is 1.81. The van der Waals surface area contributed by atoms with Gasteiger partial charge in [0, 0.05) is 23.9 Å². The summed E-state index contributed by atoms with van der Waals surface area (Å²) in [4.78, 5) is 31.4. The lowest BCUT2D eigenvalue weighted by molar-refractivity contribution is 0.101. The van der Waals surface area contributed by atoms with E-state index in [-0.39, 0.29) is 17.4 Å². The molecule has 0 saturated carbocycles. The molecule has 0 fully saturated rings. The normalized spacial score (nSPS) is 10.1. The Hall–Kier alpha value is -2.76. The van der Waals surface area contributed by atoms with E-state index < -0.39 is 0 Å². The first-order valence-electron chi connectivity index (χ1n) is 7.08. The summed E-state index contributed by atoms with van der Waals surface area (Å²) >= 11 is 0. The lowest BCUT2D eigenvalue weighted by Gasteiger charge is -2.07. The van der Waals surface area contributed by atoms with Gasteiger partial charge >= 0.3 is 0 Å². The molecule has 6 nitrogen and oxygen atoms in total. The number of nitrogens with zero attached hydrogens (tertiary/aromatic N) is 2. The smallest absolute Gasteiger partial charge is 0.274 e. The van der Waals surface area contributed by atoms with Crippen molar-refractivity contribution >= 4 is 23.2 Å². The van der Waals surface area contributed by atoms with Crippen LogP contribution in [0.15, 0.2) is 36.7 Å². The number of ketones is 1. The van der Waals surface area contributed by atoms with E-state index >= 15 is 0 Å². The van der Waals surface area contributed by atoms with Gasteiger partial charge in [-0.15, -0.1) is 0 Å². The maximum atomic E-state index is 12.2. The van der Waals surface area contributed by atoms with Crippen molar-refractivity contribution in [2.75, 3.05) is 17.2 Å². The largest absolute Gasteiger partial charge is 0.370 e. The van der Waals surface area contributed by atoms with Gasteiger partial charge in [-0.25, -0.2) is 9.97 Å². The lowest BCUT2D eigenvalue weighted by atomic mass is 10.1. The van der Waals surface area contributed by atoms with Crippen molar-refractivity contribution in [1.82, 2.24) is 9.97 Å². The van der Waals surface area contributed by atoms with Gasteiger partial charge in [-0.3, -0.25) is 9.59 Å². The second-order valence-corrected chi connectivity index (χ2v) is 4.80. The Morgan fingerprint density at radius 2 is 1.86 bits per heavy atom. The summed E-state index contributed by atoms with van der Waals surface area (Å²) in [5.41, 5.74) is 1.49. The second-order valence-electron chi connectivity index (χ2n) is 4.80. The van der Waals surface area contributed by atoms with Crippen LogP contribution in [-0.2, 0) is 0 Å². The van der Waals surface area contributed by atoms with Crippen molar-refractivity contribution in [2.24, 2.45) is 0 Å². The molecule has 2 N–H and O–H groups in total. The van der Waals surface area contributed by atoms with Crippen LogP contribution in [0.5, 0.6) is 0 Å². The van der Waals surface area contributed by atoms with Crippen molar-refractivity contribution in [3.63, 3.8) is 0 Å². The van der Waals surface area contributed by atoms with E-state index in [2.05, 4.69) is 20.6 Å². The van der Waals surface area contributed by atoms with Crippen molar-refractivity contribution in [1.29, 1.82) is 0 Å². The zero-order valence-electron chi connectivity index (χ0n) is 12.6. The van der Waals surface area contributed by atoms with E-state index in [0.717, 1.165) is 13.0 Å². The standard InChI is InChI=1S/C16H18N4O2/c1-3-8-17-15-9-14(18-10-19-15)16(22)20-13-6-4-12(5-7-13)11(2)21/h4-7,9-10H,3,8H2,1-2H3,(H,20,22)(H,17,18,19). The third-order valence-corrected chi connectivity index (χ3v) is 3.01. The molecule has 6 heteroatoms. The first kappa shape index (κ1) is 15.6. The summed E-state index contributed by atoms with van der Waals surface area (Å²) in [6, 6.07) is 8.32. The second kappa shape index (κ2) is 7.31. The van der Waals surface area contributed by atoms with Crippen LogP contribution < -0.4 is 10.6 Å². The Kier molecular flexibility index (Phi) is 5.19. The minimum Gasteiger partial charge on any atom is -0.370 e. The van der Waals surface area contributed by atoms with Gasteiger partial charge in [-0.2, -0.15) is 0 Å². The molecule has 0 unspecified atom stereocenters. The number of hydrogen-bond donors (Lipinski definition) is 2. The fraction of sp³-hybridized carbons (Fsp3) is 0.250. The van der Waals surface area contributed by atoms with Crippen LogP contribution in [0.1, 0.15) is 41.1 Å². The van der Waals surface area contributed by atoms with Gasteiger partial charge in [0.05, 0.1) is 0 Å². The summed E-state index contributed by atoms with van der Waals surface area (Å²) in [6.07, 6.45) is 2.32. The molecule has 1 aromatic carbocycles. The van der Waals surface area contributed by atoms with Gasteiger partial charge in [-0.05, 0) is 37.6 Å². The number of Topliss-reactive ketones (excluding diaryl/α,β-unsaturated/α-hetero) is 1. The molecule has 0 saturated heterocycles. The number of hydrogen-bond acceptors (Lipinski definition) is 5. The monoisotopic (exact) mass is 298 g/mol. The van der Waals surface area contributed by atoms with E-state index in [1.165, 1.54) is 13.3 Å². The minimum atomic E-state index is -0.322. The number of amides is 1. The zero-order valence-corrected chi connectivity index (χ0v) is 12.6. The Morgan fingerprint density at radius 3 is 2.50 bits per heavy atom. The van der Waals surface area contributed by atoms with Crippen LogP contribution in [-0.4, -0.2) is 28.2 Å². The van der Waals surface area contributed by atoms with Gasteiger partial charge in [0.1, 0.15) is 17.8 Å². The molecular formula is C16H18N4O2. The lowest BCUT2D eigenvalue weighted by Crippen LogP contribution is -2.15. The summed E-state index contributed by atoms with van der Waals surface area (Å²) < 4.78 is 0. The van der Waals surface area contributed by atoms with Gasteiger partial charge < -0.3 is 10.6 Å². The van der Waals surface area contributed by atoms with Crippen LogP contribution in [0, 0.1) is 0 Å². The highest BCUT2D eigenvalue weighted by Crippen LogP contribution is 2.12. The maximum absolute atomic E-state index is 12.2. The molecule has 0 bridgehead atoms. The van der Waals surface area contributed by atoms with E-state index in [1.54, 1.807) is 30.3 Å². The Balaban J connectivity index is 2.06. The van der Waals surface area contributed by atoms with Crippen LogP contribution in [0.4, 0.5) is 11.5 Å². The molecule has 1 amide bonds. The quantitative estimate of drug-likeness (QED) is 0.801. The topological polar surface area (TPSA) is 84.0 Å². The number of carbonyl (C=O) groups excluding carboxylic acids is 2. The number of aromatic nitrogens is 2. The fourth-order valence-corrected chi connectivity index (χ4v) is 1.81. The van der Waals surface area contributed by atoms with Gasteiger partial charge in [0.25, 0.3) is 5.91 Å². The molecule has 2 rings (SSSR count). The molecule has 2 aromatic rings. The number of anilines is 2. The summed E-state index contributed by atoms with van der Waals surface area (Å²) in [5.74, 6) is 0.284. The van der Waals surface area contributed by atoms with Gasteiger partial charge in [0.15, 0.2) is 5.78 Å². The minimum absolute atomic E-state index is 0.0136. The molecular weight excluding hydrogens is 280 g/mol. The first-order valence-corrected chi connectivity index (χ1v) is 7.08. The Morgan fingerprint density at radius 1 is 1.14 bits per heavy atom. The maximum Gasteiger partial charge on any atom is 0.274 e. The average molecular weight is 298 g/mol. The van der Waals surface area contributed by atoms with Gasteiger partial charge in [-0.1, -0.05) is 6.92 Å². The van der Waals surface area contributed by atoms with Crippen LogP contribution in [0.3, 0.4) is 0 Å². The third-order valence-electron chi connectivity index (χ3n) is 3.01. The molecule has 0 aliphatic heterocycles. The van der Waals surface area contributed by atoms with E-state index in [1.807, 2.05) is 6.92 Å². The molecule has 0 aliphatic rings. The molecule has 0 atom stereocenters. The average Bonchev–Trinajstić information content (AvgIpc) is 2.53. The van der Waals surface area contributed by atoms with Crippen LogP contribution in [0.25, 0.3) is 0 Å². The summed E-state index contributed by atoms with van der Waals surface area (Å²) in [7, 11) is 0. The molecule has 1 aromatic heterocycles. The summed E-state index contributed by atoms with van der Waals surface area (Å²) in [6.45, 7) is 4.33. The highest BCUT2D eigenvalue weighted by atomic mass is 16.2. The highest BCUT2D eigenvalue weighted by Gasteiger charge is 2.09. The first-order chi connectivity index (χ1) is 10.6. The van der Waals surface area contributed by atoms with Crippen molar-refractivity contribution in [2.45, 2.75) is 20.3 Å². The Labute approximate surface area is 129 Å². The van der Waals surface area contributed by atoms with E-state index in [9.17, 15) is 9.59 Å². The van der Waals surface area contributed by atoms with Crippen molar-refractivity contribution in [3.8, 4) is 0 Å². The van der Waals surface area contributed by atoms with E-state index in [0.29, 0.717) is 17.1 Å². The number of rotatable bonds is 6. The predicted molar refractivity (Wildman–Crippen MR) is 85.2 cm³/mol. The molecule has 22 heavy (non-hydrogen) atoms. The zero-order chi connectivity index (χ0) is 15.9. The Bertz CT molecular complexity index is 668. The van der Waals surface area contributed by atoms with Gasteiger partial charge in [0.2, 0.25) is 0 Å². The molecule has 0 aliphatic carbocycles. The van der Waals surface area contributed by atoms with E-state index in [4.69, 9.17) is 0 Å². The van der Waals surface area contributed by atoms with Crippen molar-refractivity contribution < 1.29 is 9.59 Å². The molecule has 1 heterocycles. The predicted octanol–water partition coefficient (Wildman–Crippen LogP) is 2.75. The highest BCUT2D eigenvalue weighted by molar-refractivity contribution is 6.03. The van der Waals surface area contributed by atoms with Crippen molar-refractivity contribution in [3.05, 3.63) is 47.9 Å². The third kappa shape index (κ3) is 4.12. The molecule has 0 radical (unpaired) electrons. The number of carbonyl (C=O) groups is 2. The molecule has 114 valence electrons. The number of nitrogens with one attached hydrogen (secondary N) is 2. The number of benzene rings is 1. The SMILES string of the molecule is CCCNc1cc(C(=O)Nc2ccc(C(C)=O)cc2)ncn1. The van der Waals surface area contributed by atoms with Crippen LogP contribution in [0.2, 0.25) is 0 Å². The van der Waals surface area contributed by atoms with Crippen LogP contribution >= 0.6 is 0 Å². The summed E-state index contributed by atoms with van der Waals surface area (Å²) in [5, 5.41) is 5.84.